The van der Waals surface area contributed by atoms with Gasteiger partial charge in [0.1, 0.15) is 10.7 Å². The summed E-state index contributed by atoms with van der Waals surface area (Å²) in [6.07, 6.45) is 1.66. The Bertz CT molecular complexity index is 946. The van der Waals surface area contributed by atoms with Crippen molar-refractivity contribution in [1.82, 2.24) is 0 Å². The number of aromatic carboxylic acids is 1. The molecular formula is C16H16FNO6S2. The predicted molar refractivity (Wildman–Crippen MR) is 95.5 cm³/mol. The number of carboxylic acids is 1. The van der Waals surface area contributed by atoms with Crippen LogP contribution >= 0.6 is 11.8 Å². The first-order valence-electron chi connectivity index (χ1n) is 7.09. The third kappa shape index (κ3) is 4.02. The highest BCUT2D eigenvalue weighted by molar-refractivity contribution is 7.99. The van der Waals surface area contributed by atoms with Gasteiger partial charge in [-0.25, -0.2) is 17.6 Å². The highest BCUT2D eigenvalue weighted by atomic mass is 32.2. The average Bonchev–Trinajstić information content (AvgIpc) is 2.60. The van der Waals surface area contributed by atoms with Crippen LogP contribution in [0.15, 0.2) is 40.1 Å². The number of thioether (sulfide) groups is 1. The topological polar surface area (TPSA) is 102 Å². The van der Waals surface area contributed by atoms with Crippen molar-refractivity contribution in [2.75, 3.05) is 25.2 Å². The van der Waals surface area contributed by atoms with Gasteiger partial charge in [0, 0.05) is 17.0 Å². The molecule has 0 amide bonds. The molecule has 0 fully saturated rings. The number of carbonyl (C=O) groups is 1. The van der Waals surface area contributed by atoms with Gasteiger partial charge >= 0.3 is 5.97 Å². The van der Waals surface area contributed by atoms with Crippen LogP contribution in [0.3, 0.4) is 0 Å². The van der Waals surface area contributed by atoms with E-state index < -0.39 is 26.7 Å². The number of hydrogen-bond donors (Lipinski definition) is 2. The molecule has 0 unspecified atom stereocenters. The molecule has 2 N–H and O–H groups in total. The van der Waals surface area contributed by atoms with Crippen molar-refractivity contribution in [1.29, 1.82) is 0 Å². The van der Waals surface area contributed by atoms with Gasteiger partial charge in [-0.3, -0.25) is 4.72 Å². The number of hydrogen-bond acceptors (Lipinski definition) is 6. The Morgan fingerprint density at radius 3 is 2.31 bits per heavy atom. The zero-order valence-corrected chi connectivity index (χ0v) is 15.7. The van der Waals surface area contributed by atoms with Gasteiger partial charge in [0.15, 0.2) is 11.5 Å². The maximum absolute atomic E-state index is 14.3. The van der Waals surface area contributed by atoms with Crippen LogP contribution < -0.4 is 14.2 Å². The highest BCUT2D eigenvalue weighted by Crippen LogP contribution is 2.34. The molecule has 140 valence electrons. The fraction of sp³-hybridized carbons (Fsp3) is 0.188. The molecular weight excluding hydrogens is 385 g/mol. The van der Waals surface area contributed by atoms with Gasteiger partial charge in [-0.15, -0.1) is 11.8 Å². The van der Waals surface area contributed by atoms with Crippen molar-refractivity contribution in [3.63, 3.8) is 0 Å². The third-order valence-corrected chi connectivity index (χ3v) is 5.58. The number of anilines is 1. The number of benzene rings is 2. The van der Waals surface area contributed by atoms with E-state index in [9.17, 15) is 17.6 Å². The zero-order chi connectivity index (χ0) is 19.5. The molecule has 2 rings (SSSR count). The quantitative estimate of drug-likeness (QED) is 0.688. The minimum absolute atomic E-state index is 0.00888. The second-order valence-corrected chi connectivity index (χ2v) is 7.46. The van der Waals surface area contributed by atoms with E-state index >= 15 is 0 Å². The Hall–Kier alpha value is -2.46. The normalized spacial score (nSPS) is 11.1. The number of halogens is 1. The van der Waals surface area contributed by atoms with Crippen molar-refractivity contribution in [2.45, 2.75) is 9.79 Å². The molecule has 7 nitrogen and oxygen atoms in total. The Kier molecular flexibility index (Phi) is 5.98. The van der Waals surface area contributed by atoms with Crippen molar-refractivity contribution in [3.05, 3.63) is 41.7 Å². The Labute approximate surface area is 154 Å². The minimum Gasteiger partial charge on any atom is -0.493 e. The summed E-state index contributed by atoms with van der Waals surface area (Å²) in [6, 6.07) is 5.82. The first-order chi connectivity index (χ1) is 12.2. The molecule has 0 radical (unpaired) electrons. The number of sulfonamides is 1. The van der Waals surface area contributed by atoms with Gasteiger partial charge in [-0.2, -0.15) is 0 Å². The second-order valence-electron chi connectivity index (χ2n) is 4.96. The molecule has 0 atom stereocenters. The molecule has 0 spiro atoms. The molecule has 0 aromatic heterocycles. The molecule has 0 aliphatic heterocycles. The fourth-order valence-electron chi connectivity index (χ4n) is 2.15. The molecule has 2 aromatic rings. The maximum Gasteiger partial charge on any atom is 0.335 e. The lowest BCUT2D eigenvalue weighted by atomic mass is 10.2. The number of nitrogens with one attached hydrogen (secondary N) is 1. The van der Waals surface area contributed by atoms with Crippen LogP contribution in [-0.4, -0.2) is 40.0 Å². The van der Waals surface area contributed by atoms with Crippen molar-refractivity contribution in [2.24, 2.45) is 0 Å². The van der Waals surface area contributed by atoms with Gasteiger partial charge in [-0.05, 0) is 24.5 Å². The SMILES string of the molecule is COc1cc(F)c(S(=O)(=O)Nc2ccc(C(=O)O)cc2SC)cc1OC. The van der Waals surface area contributed by atoms with E-state index in [0.29, 0.717) is 4.90 Å². The summed E-state index contributed by atoms with van der Waals surface area (Å²) >= 11 is 1.15. The van der Waals surface area contributed by atoms with Crippen LogP contribution in [0.25, 0.3) is 0 Å². The van der Waals surface area contributed by atoms with Crippen LogP contribution in [0, 0.1) is 5.82 Å². The first kappa shape index (κ1) is 19.9. The molecule has 0 saturated carbocycles. The molecule has 0 heterocycles. The summed E-state index contributed by atoms with van der Waals surface area (Å²) in [5, 5.41) is 9.03. The van der Waals surface area contributed by atoms with Crippen molar-refractivity contribution in [3.8, 4) is 11.5 Å². The average molecular weight is 401 g/mol. The third-order valence-electron chi connectivity index (χ3n) is 3.42. The molecule has 0 aliphatic carbocycles. The van der Waals surface area contributed by atoms with E-state index in [0.717, 1.165) is 23.9 Å². The van der Waals surface area contributed by atoms with Gasteiger partial charge in [0.25, 0.3) is 10.0 Å². The van der Waals surface area contributed by atoms with Crippen LogP contribution in [0.2, 0.25) is 0 Å². The van der Waals surface area contributed by atoms with E-state index in [1.54, 1.807) is 6.26 Å². The smallest absolute Gasteiger partial charge is 0.335 e. The molecule has 2 aromatic carbocycles. The van der Waals surface area contributed by atoms with Crippen LogP contribution in [-0.2, 0) is 10.0 Å². The summed E-state index contributed by atoms with van der Waals surface area (Å²) in [4.78, 5) is 10.8. The fourth-order valence-corrected chi connectivity index (χ4v) is 3.95. The summed E-state index contributed by atoms with van der Waals surface area (Å²) < 4.78 is 51.7. The first-order valence-corrected chi connectivity index (χ1v) is 9.80. The number of ether oxygens (including phenoxy) is 2. The van der Waals surface area contributed by atoms with Gasteiger partial charge in [0.05, 0.1) is 25.5 Å². The lowest BCUT2D eigenvalue weighted by Gasteiger charge is -2.14. The molecule has 10 heteroatoms. The lowest BCUT2D eigenvalue weighted by Crippen LogP contribution is -2.16. The monoisotopic (exact) mass is 401 g/mol. The lowest BCUT2D eigenvalue weighted by molar-refractivity contribution is 0.0696. The standard InChI is InChI=1S/C16H16FNO6S2/c1-23-12-7-10(17)15(8-13(12)24-2)26(21,22)18-11-5-4-9(16(19)20)6-14(11)25-3/h4-8,18H,1-3H3,(H,19,20). The van der Waals surface area contributed by atoms with E-state index in [2.05, 4.69) is 4.72 Å². The van der Waals surface area contributed by atoms with Gasteiger partial charge in [0.2, 0.25) is 0 Å². The molecule has 0 saturated heterocycles. The van der Waals surface area contributed by atoms with E-state index in [1.165, 1.54) is 32.4 Å². The maximum atomic E-state index is 14.3. The summed E-state index contributed by atoms with van der Waals surface area (Å²) in [5.41, 5.74) is 0.145. The predicted octanol–water partition coefficient (Wildman–Crippen LogP) is 3.06. The van der Waals surface area contributed by atoms with Crippen LogP contribution in [0.1, 0.15) is 10.4 Å². The van der Waals surface area contributed by atoms with E-state index in [-0.39, 0.29) is 22.7 Å². The Morgan fingerprint density at radius 1 is 1.15 bits per heavy atom. The Balaban J connectivity index is 2.48. The number of methoxy groups -OCH3 is 2. The molecule has 0 aliphatic rings. The second kappa shape index (κ2) is 7.83. The zero-order valence-electron chi connectivity index (χ0n) is 14.1. The molecule has 26 heavy (non-hydrogen) atoms. The highest BCUT2D eigenvalue weighted by Gasteiger charge is 2.24. The summed E-state index contributed by atoms with van der Waals surface area (Å²) in [5.74, 6) is -2.04. The summed E-state index contributed by atoms with van der Waals surface area (Å²) in [6.45, 7) is 0. The van der Waals surface area contributed by atoms with Gasteiger partial charge < -0.3 is 14.6 Å². The van der Waals surface area contributed by atoms with Crippen LogP contribution in [0.5, 0.6) is 11.5 Å². The van der Waals surface area contributed by atoms with E-state index in [4.69, 9.17) is 14.6 Å². The van der Waals surface area contributed by atoms with Gasteiger partial charge in [-0.1, -0.05) is 0 Å². The Morgan fingerprint density at radius 2 is 1.77 bits per heavy atom. The van der Waals surface area contributed by atoms with Crippen LogP contribution in [0.4, 0.5) is 10.1 Å². The minimum atomic E-state index is -4.29. The van der Waals surface area contributed by atoms with Crippen molar-refractivity contribution >= 4 is 33.4 Å². The molecule has 0 bridgehead atoms. The van der Waals surface area contributed by atoms with Crippen molar-refractivity contribution < 1.29 is 32.2 Å². The number of carboxylic acid groups (broad SMARTS) is 1. The largest absolute Gasteiger partial charge is 0.493 e. The summed E-state index contributed by atoms with van der Waals surface area (Å²) in [7, 11) is -1.68. The van der Waals surface area contributed by atoms with E-state index in [1.807, 2.05) is 0 Å². The number of rotatable bonds is 7.